The average Bonchev–Trinajstić information content (AvgIpc) is 2.66. The number of amides is 1. The molecule has 6 nitrogen and oxygen atoms in total. The van der Waals surface area contributed by atoms with Gasteiger partial charge in [-0.3, -0.25) is 9.59 Å². The highest BCUT2D eigenvalue weighted by Crippen LogP contribution is 2.18. The van der Waals surface area contributed by atoms with Crippen molar-refractivity contribution in [3.8, 4) is 0 Å². The molecule has 0 saturated heterocycles. The van der Waals surface area contributed by atoms with E-state index in [4.69, 9.17) is 14.6 Å². The van der Waals surface area contributed by atoms with E-state index in [2.05, 4.69) is 5.32 Å². The van der Waals surface area contributed by atoms with Gasteiger partial charge in [0.2, 0.25) is 0 Å². The zero-order chi connectivity index (χ0) is 19.6. The summed E-state index contributed by atoms with van der Waals surface area (Å²) in [5, 5.41) is 11.8. The zero-order valence-electron chi connectivity index (χ0n) is 15.0. The van der Waals surface area contributed by atoms with Crippen molar-refractivity contribution in [2.24, 2.45) is 0 Å². The first kappa shape index (κ1) is 20.5. The first-order valence-corrected chi connectivity index (χ1v) is 8.44. The molecule has 0 bridgehead atoms. The number of carbonyl (C=O) groups is 2. The van der Waals surface area contributed by atoms with E-state index in [0.29, 0.717) is 18.8 Å². The maximum absolute atomic E-state index is 13.9. The predicted molar refractivity (Wildman–Crippen MR) is 96.8 cm³/mol. The normalized spacial score (nSPS) is 11.8. The van der Waals surface area contributed by atoms with Gasteiger partial charge in [-0.25, -0.2) is 4.39 Å². The third-order valence-electron chi connectivity index (χ3n) is 3.88. The molecule has 0 fully saturated rings. The maximum atomic E-state index is 13.9. The van der Waals surface area contributed by atoms with E-state index >= 15 is 0 Å². The minimum absolute atomic E-state index is 0.00749. The monoisotopic (exact) mass is 375 g/mol. The van der Waals surface area contributed by atoms with E-state index in [1.165, 1.54) is 25.3 Å². The SMILES string of the molecule is COCCOCc1cc(C(=O)NC(CC(=O)O)c2ccccc2)ccc1F. The quantitative estimate of drug-likeness (QED) is 0.624. The van der Waals surface area contributed by atoms with E-state index < -0.39 is 23.7 Å². The second-order valence-electron chi connectivity index (χ2n) is 5.89. The van der Waals surface area contributed by atoms with Gasteiger partial charge in [-0.1, -0.05) is 30.3 Å². The number of hydrogen-bond donors (Lipinski definition) is 2. The van der Waals surface area contributed by atoms with Crippen LogP contribution in [0.3, 0.4) is 0 Å². The second kappa shape index (κ2) is 10.4. The molecule has 144 valence electrons. The highest BCUT2D eigenvalue weighted by Gasteiger charge is 2.19. The number of hydrogen-bond acceptors (Lipinski definition) is 4. The molecular formula is C20H22FNO5. The van der Waals surface area contributed by atoms with Gasteiger partial charge in [0.1, 0.15) is 5.82 Å². The van der Waals surface area contributed by atoms with Crippen molar-refractivity contribution in [3.63, 3.8) is 0 Å². The Kier molecular flexibility index (Phi) is 7.91. The smallest absolute Gasteiger partial charge is 0.305 e. The van der Waals surface area contributed by atoms with Gasteiger partial charge in [-0.05, 0) is 23.8 Å². The summed E-state index contributed by atoms with van der Waals surface area (Å²) in [6, 6.07) is 12.1. The molecule has 2 rings (SSSR count). The van der Waals surface area contributed by atoms with Gasteiger partial charge in [-0.15, -0.1) is 0 Å². The topological polar surface area (TPSA) is 84.9 Å². The summed E-state index contributed by atoms with van der Waals surface area (Å²) in [7, 11) is 1.54. The Balaban J connectivity index is 2.11. The van der Waals surface area contributed by atoms with Gasteiger partial charge in [0.05, 0.1) is 32.3 Å². The number of methoxy groups -OCH3 is 1. The first-order valence-electron chi connectivity index (χ1n) is 8.44. The fourth-order valence-electron chi connectivity index (χ4n) is 2.50. The van der Waals surface area contributed by atoms with Gasteiger partial charge >= 0.3 is 5.97 Å². The number of carbonyl (C=O) groups excluding carboxylic acids is 1. The minimum atomic E-state index is -1.03. The molecule has 0 radical (unpaired) electrons. The van der Waals surface area contributed by atoms with Gasteiger partial charge in [0, 0.05) is 18.2 Å². The Morgan fingerprint density at radius 2 is 1.89 bits per heavy atom. The standard InChI is InChI=1S/C20H22FNO5/c1-26-9-10-27-13-16-11-15(7-8-17(16)21)20(25)22-18(12-19(23)24)14-5-3-2-4-6-14/h2-8,11,18H,9-10,12-13H2,1H3,(H,22,25)(H,23,24). The van der Waals surface area contributed by atoms with Crippen molar-refractivity contribution in [2.75, 3.05) is 20.3 Å². The van der Waals surface area contributed by atoms with Crippen molar-refractivity contribution in [2.45, 2.75) is 19.1 Å². The van der Waals surface area contributed by atoms with Gasteiger partial charge < -0.3 is 19.9 Å². The molecule has 1 amide bonds. The molecule has 0 aliphatic carbocycles. The van der Waals surface area contributed by atoms with Crippen LogP contribution in [-0.4, -0.2) is 37.3 Å². The zero-order valence-corrected chi connectivity index (χ0v) is 15.0. The van der Waals surface area contributed by atoms with E-state index in [1.807, 2.05) is 0 Å². The van der Waals surface area contributed by atoms with Crippen LogP contribution in [0, 0.1) is 5.82 Å². The Bertz CT molecular complexity index is 766. The summed E-state index contributed by atoms with van der Waals surface area (Å²) in [6.45, 7) is 0.699. The van der Waals surface area contributed by atoms with Crippen molar-refractivity contribution in [1.82, 2.24) is 5.32 Å². The molecule has 7 heteroatoms. The Hall–Kier alpha value is -2.77. The lowest BCUT2D eigenvalue weighted by atomic mass is 10.0. The number of nitrogens with one attached hydrogen (secondary N) is 1. The van der Waals surface area contributed by atoms with Crippen LogP contribution in [0.4, 0.5) is 4.39 Å². The highest BCUT2D eigenvalue weighted by atomic mass is 19.1. The Morgan fingerprint density at radius 3 is 2.56 bits per heavy atom. The number of ether oxygens (including phenoxy) is 2. The molecule has 1 atom stereocenters. The van der Waals surface area contributed by atoms with Crippen LogP contribution in [0.1, 0.15) is 33.9 Å². The van der Waals surface area contributed by atoms with Crippen LogP contribution in [-0.2, 0) is 20.9 Å². The number of benzene rings is 2. The lowest BCUT2D eigenvalue weighted by Crippen LogP contribution is -2.30. The number of aliphatic carboxylic acids is 1. The lowest BCUT2D eigenvalue weighted by Gasteiger charge is -2.18. The summed E-state index contributed by atoms with van der Waals surface area (Å²) in [5.74, 6) is -1.99. The van der Waals surface area contributed by atoms with Crippen molar-refractivity contribution >= 4 is 11.9 Å². The van der Waals surface area contributed by atoms with Crippen molar-refractivity contribution < 1.29 is 28.6 Å². The summed E-state index contributed by atoms with van der Waals surface area (Å²) in [4.78, 5) is 23.7. The average molecular weight is 375 g/mol. The second-order valence-corrected chi connectivity index (χ2v) is 5.89. The molecule has 1 unspecified atom stereocenters. The highest BCUT2D eigenvalue weighted by molar-refractivity contribution is 5.94. The molecule has 2 aromatic carbocycles. The summed E-state index contributed by atoms with van der Waals surface area (Å²) in [6.07, 6.45) is -0.260. The Labute approximate surface area is 156 Å². The summed E-state index contributed by atoms with van der Waals surface area (Å²) < 4.78 is 24.1. The summed E-state index contributed by atoms with van der Waals surface area (Å²) in [5.41, 5.74) is 1.15. The van der Waals surface area contributed by atoms with Gasteiger partial charge in [0.15, 0.2) is 0 Å². The van der Waals surface area contributed by atoms with Crippen LogP contribution in [0.15, 0.2) is 48.5 Å². The first-order chi connectivity index (χ1) is 13.0. The van der Waals surface area contributed by atoms with Crippen LogP contribution in [0.25, 0.3) is 0 Å². The largest absolute Gasteiger partial charge is 0.481 e. The van der Waals surface area contributed by atoms with Crippen LogP contribution >= 0.6 is 0 Å². The number of carboxylic acid groups (broad SMARTS) is 1. The minimum Gasteiger partial charge on any atom is -0.481 e. The van der Waals surface area contributed by atoms with E-state index in [0.717, 1.165) is 0 Å². The fraction of sp³-hybridized carbons (Fsp3) is 0.300. The van der Waals surface area contributed by atoms with Crippen LogP contribution in [0.5, 0.6) is 0 Å². The maximum Gasteiger partial charge on any atom is 0.305 e. The molecule has 0 aliphatic rings. The Morgan fingerprint density at radius 1 is 1.15 bits per heavy atom. The predicted octanol–water partition coefficient (Wildman–Crippen LogP) is 2.93. The van der Waals surface area contributed by atoms with Crippen molar-refractivity contribution in [1.29, 1.82) is 0 Å². The third kappa shape index (κ3) is 6.47. The van der Waals surface area contributed by atoms with E-state index in [9.17, 15) is 14.0 Å². The van der Waals surface area contributed by atoms with Gasteiger partial charge in [0.25, 0.3) is 5.91 Å². The molecule has 27 heavy (non-hydrogen) atoms. The third-order valence-corrected chi connectivity index (χ3v) is 3.88. The molecule has 2 N–H and O–H groups in total. The van der Waals surface area contributed by atoms with Gasteiger partial charge in [-0.2, -0.15) is 0 Å². The lowest BCUT2D eigenvalue weighted by molar-refractivity contribution is -0.137. The molecular weight excluding hydrogens is 353 g/mol. The molecule has 0 aliphatic heterocycles. The molecule has 0 aromatic heterocycles. The summed E-state index contributed by atoms with van der Waals surface area (Å²) >= 11 is 0. The fourth-order valence-corrected chi connectivity index (χ4v) is 2.50. The molecule has 0 heterocycles. The van der Waals surface area contributed by atoms with Crippen molar-refractivity contribution in [3.05, 3.63) is 71.0 Å². The molecule has 2 aromatic rings. The van der Waals surface area contributed by atoms with E-state index in [-0.39, 0.29) is 24.2 Å². The number of halogens is 1. The van der Waals surface area contributed by atoms with Crippen LogP contribution < -0.4 is 5.32 Å². The van der Waals surface area contributed by atoms with E-state index in [1.54, 1.807) is 30.3 Å². The number of rotatable bonds is 10. The number of carboxylic acids is 1. The molecule has 0 spiro atoms. The van der Waals surface area contributed by atoms with Crippen LogP contribution in [0.2, 0.25) is 0 Å². The molecule has 0 saturated carbocycles.